The predicted molar refractivity (Wildman–Crippen MR) is 141 cm³/mol. The minimum atomic E-state index is -3.77. The van der Waals surface area contributed by atoms with Crippen LogP contribution in [-0.4, -0.2) is 56.7 Å². The third kappa shape index (κ3) is 6.42. The highest BCUT2D eigenvalue weighted by Gasteiger charge is 2.31. The molecule has 0 amide bonds. The molecule has 2 aromatic carbocycles. The lowest BCUT2D eigenvalue weighted by Crippen LogP contribution is -2.40. The van der Waals surface area contributed by atoms with Crippen LogP contribution in [0.3, 0.4) is 0 Å². The van der Waals surface area contributed by atoms with Gasteiger partial charge in [-0.25, -0.2) is 13.2 Å². The molecule has 1 unspecified atom stereocenters. The summed E-state index contributed by atoms with van der Waals surface area (Å²) in [5.41, 5.74) is 0.689. The topological polar surface area (TPSA) is 102 Å². The molecule has 0 saturated heterocycles. The molecule has 1 N–H and O–H groups in total. The lowest BCUT2D eigenvalue weighted by atomic mass is 10.2. The van der Waals surface area contributed by atoms with Gasteiger partial charge in [0.1, 0.15) is 16.1 Å². The largest absolute Gasteiger partial charge is 0.493 e. The SMILES string of the molecule is CCCN(CC(CC)Oc1ccc(OCC(=O)O)c(OC)c1)S(=O)(=O)c1sc2ccc(Cl)cc2c1C. The Balaban J connectivity index is 1.84. The van der Waals surface area contributed by atoms with E-state index in [1.807, 2.05) is 19.9 Å². The van der Waals surface area contributed by atoms with Crippen LogP contribution in [0.1, 0.15) is 32.3 Å². The first kappa shape index (κ1) is 28.0. The molecule has 196 valence electrons. The molecule has 1 atom stereocenters. The van der Waals surface area contributed by atoms with E-state index in [9.17, 15) is 13.2 Å². The summed E-state index contributed by atoms with van der Waals surface area (Å²) in [6, 6.07) is 10.2. The molecule has 11 heteroatoms. The first-order valence-corrected chi connectivity index (χ1v) is 14.1. The molecule has 0 fully saturated rings. The second-order valence-corrected chi connectivity index (χ2v) is 11.8. The molecule has 0 bridgehead atoms. The average Bonchev–Trinajstić information content (AvgIpc) is 3.18. The van der Waals surface area contributed by atoms with Gasteiger partial charge in [-0.3, -0.25) is 0 Å². The number of halogens is 1. The molecule has 0 aliphatic heterocycles. The smallest absolute Gasteiger partial charge is 0.341 e. The van der Waals surface area contributed by atoms with Crippen LogP contribution >= 0.6 is 22.9 Å². The highest BCUT2D eigenvalue weighted by atomic mass is 35.5. The highest BCUT2D eigenvalue weighted by molar-refractivity contribution is 7.91. The first-order chi connectivity index (χ1) is 17.1. The normalized spacial score (nSPS) is 12.6. The van der Waals surface area contributed by atoms with Crippen molar-refractivity contribution in [2.75, 3.05) is 26.8 Å². The third-order valence-electron chi connectivity index (χ3n) is 5.55. The molecular formula is C25H30ClNO7S2. The van der Waals surface area contributed by atoms with E-state index in [-0.39, 0.29) is 12.3 Å². The van der Waals surface area contributed by atoms with Gasteiger partial charge in [-0.2, -0.15) is 4.31 Å². The molecule has 0 radical (unpaired) electrons. The van der Waals surface area contributed by atoms with E-state index < -0.39 is 28.7 Å². The van der Waals surface area contributed by atoms with Gasteiger partial charge in [0, 0.05) is 22.3 Å². The second kappa shape index (κ2) is 12.1. The van der Waals surface area contributed by atoms with Gasteiger partial charge in [0.2, 0.25) is 0 Å². The van der Waals surface area contributed by atoms with Crippen molar-refractivity contribution < 1.29 is 32.5 Å². The average molecular weight is 556 g/mol. The summed E-state index contributed by atoms with van der Waals surface area (Å²) in [6.45, 7) is 5.68. The Kier molecular flexibility index (Phi) is 9.46. The Morgan fingerprint density at radius 2 is 1.92 bits per heavy atom. The fraction of sp³-hybridized carbons (Fsp3) is 0.400. The summed E-state index contributed by atoms with van der Waals surface area (Å²) < 4.78 is 46.8. The van der Waals surface area contributed by atoms with E-state index >= 15 is 0 Å². The zero-order chi connectivity index (χ0) is 26.5. The van der Waals surface area contributed by atoms with Gasteiger partial charge in [0.25, 0.3) is 10.0 Å². The van der Waals surface area contributed by atoms with Crippen LogP contribution in [0.5, 0.6) is 17.2 Å². The number of aliphatic carboxylic acids is 1. The van der Waals surface area contributed by atoms with Gasteiger partial charge >= 0.3 is 5.97 Å². The van der Waals surface area contributed by atoms with Gasteiger partial charge in [0.15, 0.2) is 18.1 Å². The highest BCUT2D eigenvalue weighted by Crippen LogP contribution is 2.37. The molecule has 0 saturated carbocycles. The van der Waals surface area contributed by atoms with Crippen LogP contribution < -0.4 is 14.2 Å². The van der Waals surface area contributed by atoms with Crippen LogP contribution in [-0.2, 0) is 14.8 Å². The Morgan fingerprint density at radius 3 is 2.56 bits per heavy atom. The molecule has 0 aliphatic rings. The number of benzene rings is 2. The Hall–Kier alpha value is -2.53. The van der Waals surface area contributed by atoms with Gasteiger partial charge in [-0.1, -0.05) is 25.4 Å². The molecule has 3 rings (SSSR count). The fourth-order valence-electron chi connectivity index (χ4n) is 3.74. The molecule has 8 nitrogen and oxygen atoms in total. The number of carboxylic acid groups (broad SMARTS) is 1. The van der Waals surface area contributed by atoms with Gasteiger partial charge < -0.3 is 19.3 Å². The maximum Gasteiger partial charge on any atom is 0.341 e. The van der Waals surface area contributed by atoms with Gasteiger partial charge in [0.05, 0.1) is 13.7 Å². The third-order valence-corrected chi connectivity index (χ3v) is 9.52. The van der Waals surface area contributed by atoms with Gasteiger partial charge in [-0.05, 0) is 61.0 Å². The summed E-state index contributed by atoms with van der Waals surface area (Å²) in [7, 11) is -2.33. The fourth-order valence-corrected chi connectivity index (χ4v) is 7.36. The molecule has 0 spiro atoms. The van der Waals surface area contributed by atoms with Crippen molar-refractivity contribution in [2.24, 2.45) is 0 Å². The number of sulfonamides is 1. The number of aryl methyl sites for hydroxylation is 1. The van der Waals surface area contributed by atoms with E-state index in [2.05, 4.69) is 0 Å². The predicted octanol–water partition coefficient (Wildman–Crippen LogP) is 5.59. The number of fused-ring (bicyclic) bond motifs is 1. The Bertz CT molecular complexity index is 1320. The zero-order valence-electron chi connectivity index (χ0n) is 20.6. The standard InChI is InChI=1S/C25H30ClNO7S2/c1-5-11-27(36(30,31)25-16(3)20-12-17(26)7-10-23(20)35-25)14-18(6-2)34-19-8-9-21(22(13-19)32-4)33-15-24(28)29/h7-10,12-13,18H,5-6,11,14-15H2,1-4H3,(H,28,29). The van der Waals surface area contributed by atoms with Crippen LogP contribution in [0.25, 0.3) is 10.1 Å². The maximum absolute atomic E-state index is 13.7. The number of ether oxygens (including phenoxy) is 3. The van der Waals surface area contributed by atoms with E-state index in [0.29, 0.717) is 45.7 Å². The summed E-state index contributed by atoms with van der Waals surface area (Å²) in [4.78, 5) is 10.8. The quantitative estimate of drug-likeness (QED) is 0.293. The summed E-state index contributed by atoms with van der Waals surface area (Å²) >= 11 is 7.38. The number of thiophene rings is 1. The van der Waals surface area contributed by atoms with Crippen LogP contribution in [0.4, 0.5) is 0 Å². The number of rotatable bonds is 13. The van der Waals surface area contributed by atoms with Crippen molar-refractivity contribution in [3.05, 3.63) is 47.0 Å². The molecule has 1 aromatic heterocycles. The first-order valence-electron chi connectivity index (χ1n) is 11.5. The number of nitrogens with zero attached hydrogens (tertiary/aromatic N) is 1. The van der Waals surface area contributed by atoms with Crippen LogP contribution in [0, 0.1) is 6.92 Å². The van der Waals surface area contributed by atoms with E-state index in [0.717, 1.165) is 10.1 Å². The van der Waals surface area contributed by atoms with Crippen LogP contribution in [0.15, 0.2) is 40.6 Å². The minimum absolute atomic E-state index is 0.167. The monoisotopic (exact) mass is 555 g/mol. The van der Waals surface area contributed by atoms with Crippen LogP contribution in [0.2, 0.25) is 5.02 Å². The number of hydrogen-bond donors (Lipinski definition) is 1. The number of methoxy groups -OCH3 is 1. The maximum atomic E-state index is 13.7. The summed E-state index contributed by atoms with van der Waals surface area (Å²) in [6.07, 6.45) is 0.788. The Morgan fingerprint density at radius 1 is 1.17 bits per heavy atom. The van der Waals surface area contributed by atoms with E-state index in [1.54, 1.807) is 37.3 Å². The molecular weight excluding hydrogens is 526 g/mol. The summed E-state index contributed by atoms with van der Waals surface area (Å²) in [5.74, 6) is -0.0439. The number of carbonyl (C=O) groups is 1. The van der Waals surface area contributed by atoms with E-state index in [4.69, 9.17) is 30.9 Å². The molecule has 0 aliphatic carbocycles. The molecule has 1 heterocycles. The zero-order valence-corrected chi connectivity index (χ0v) is 23.0. The number of carboxylic acids is 1. The van der Waals surface area contributed by atoms with Crippen molar-refractivity contribution in [3.63, 3.8) is 0 Å². The summed E-state index contributed by atoms with van der Waals surface area (Å²) in [5, 5.41) is 10.2. The van der Waals surface area contributed by atoms with Crippen molar-refractivity contribution in [1.29, 1.82) is 0 Å². The molecule has 3 aromatic rings. The number of hydrogen-bond acceptors (Lipinski definition) is 7. The lowest BCUT2D eigenvalue weighted by molar-refractivity contribution is -0.139. The van der Waals surface area contributed by atoms with Crippen molar-refractivity contribution in [3.8, 4) is 17.2 Å². The minimum Gasteiger partial charge on any atom is -0.493 e. The van der Waals surface area contributed by atoms with Gasteiger partial charge in [-0.15, -0.1) is 11.3 Å². The Labute approximate surface area is 220 Å². The van der Waals surface area contributed by atoms with Crippen molar-refractivity contribution in [1.82, 2.24) is 4.31 Å². The van der Waals surface area contributed by atoms with Crippen molar-refractivity contribution in [2.45, 2.75) is 43.9 Å². The second-order valence-electron chi connectivity index (χ2n) is 8.16. The lowest BCUT2D eigenvalue weighted by Gasteiger charge is -2.27. The van der Waals surface area contributed by atoms with Crippen molar-refractivity contribution >= 4 is 49.0 Å². The molecule has 36 heavy (non-hydrogen) atoms. The van der Waals surface area contributed by atoms with E-state index in [1.165, 1.54) is 22.8 Å².